The Bertz CT molecular complexity index is 496. The Kier molecular flexibility index (Phi) is 2.88. The van der Waals surface area contributed by atoms with Crippen LogP contribution in [0.1, 0.15) is 25.0 Å². The Morgan fingerprint density at radius 3 is 2.89 bits per heavy atom. The first-order valence-corrected chi connectivity index (χ1v) is 6.23. The third-order valence-electron chi connectivity index (χ3n) is 3.16. The van der Waals surface area contributed by atoms with Crippen molar-refractivity contribution in [2.75, 3.05) is 13.1 Å². The lowest BCUT2D eigenvalue weighted by molar-refractivity contribution is -0.115. The monoisotopic (exact) mass is 245 g/mol. The first-order chi connectivity index (χ1) is 8.83. The molecule has 3 heterocycles. The number of piperidine rings is 1. The maximum Gasteiger partial charge on any atom is 0.276 e. The van der Waals surface area contributed by atoms with Crippen LogP contribution in [0.25, 0.3) is 6.08 Å². The standard InChI is InChI=1S/C13H15N3O2/c17-12-11(9-10-5-4-8-18-10)14-13(15-12)16-6-2-1-3-7-16/h4-5,8-9H,1-3,6-7H2,(H,14,15,17)/b11-9-. The summed E-state index contributed by atoms with van der Waals surface area (Å²) >= 11 is 0. The van der Waals surface area contributed by atoms with E-state index in [-0.39, 0.29) is 5.91 Å². The highest BCUT2D eigenvalue weighted by molar-refractivity contribution is 6.13. The van der Waals surface area contributed by atoms with Crippen LogP contribution >= 0.6 is 0 Å². The van der Waals surface area contributed by atoms with Gasteiger partial charge in [-0.15, -0.1) is 0 Å². The van der Waals surface area contributed by atoms with Crippen LogP contribution in [-0.2, 0) is 4.79 Å². The van der Waals surface area contributed by atoms with Crippen LogP contribution in [-0.4, -0.2) is 29.9 Å². The Hall–Kier alpha value is -2.04. The number of carbonyl (C=O) groups excluding carboxylic acids is 1. The minimum absolute atomic E-state index is 0.160. The molecule has 0 aliphatic carbocycles. The summed E-state index contributed by atoms with van der Waals surface area (Å²) in [5, 5.41) is 2.81. The van der Waals surface area contributed by atoms with E-state index >= 15 is 0 Å². The van der Waals surface area contributed by atoms with E-state index in [0.717, 1.165) is 25.9 Å². The molecule has 0 bridgehead atoms. The van der Waals surface area contributed by atoms with Gasteiger partial charge in [0.15, 0.2) is 0 Å². The molecular formula is C13H15N3O2. The van der Waals surface area contributed by atoms with Gasteiger partial charge >= 0.3 is 0 Å². The minimum atomic E-state index is -0.160. The van der Waals surface area contributed by atoms with E-state index in [9.17, 15) is 4.79 Å². The molecule has 1 N–H and O–H groups in total. The summed E-state index contributed by atoms with van der Waals surface area (Å²) in [6, 6.07) is 3.59. The molecule has 2 aliphatic heterocycles. The van der Waals surface area contributed by atoms with Gasteiger partial charge in [0.1, 0.15) is 11.5 Å². The molecule has 5 nitrogen and oxygen atoms in total. The average Bonchev–Trinajstić information content (AvgIpc) is 3.02. The third-order valence-corrected chi connectivity index (χ3v) is 3.16. The summed E-state index contributed by atoms with van der Waals surface area (Å²) < 4.78 is 5.19. The highest BCUT2D eigenvalue weighted by atomic mass is 16.3. The zero-order chi connectivity index (χ0) is 12.4. The largest absolute Gasteiger partial charge is 0.465 e. The van der Waals surface area contributed by atoms with Crippen LogP contribution in [0.2, 0.25) is 0 Å². The minimum Gasteiger partial charge on any atom is -0.465 e. The molecule has 0 spiro atoms. The summed E-state index contributed by atoms with van der Waals surface area (Å²) in [5.41, 5.74) is 0.408. The molecular weight excluding hydrogens is 230 g/mol. The zero-order valence-electron chi connectivity index (χ0n) is 10.1. The first kappa shape index (κ1) is 11.1. The summed E-state index contributed by atoms with van der Waals surface area (Å²) in [6.07, 6.45) is 6.81. The van der Waals surface area contributed by atoms with Gasteiger partial charge < -0.3 is 9.32 Å². The normalized spacial score (nSPS) is 22.2. The van der Waals surface area contributed by atoms with Gasteiger partial charge in [0, 0.05) is 19.2 Å². The van der Waals surface area contributed by atoms with Crippen molar-refractivity contribution in [3.8, 4) is 0 Å². The van der Waals surface area contributed by atoms with Gasteiger partial charge in [-0.05, 0) is 31.4 Å². The smallest absolute Gasteiger partial charge is 0.276 e. The number of aliphatic imine (C=N–C) groups is 1. The highest BCUT2D eigenvalue weighted by Crippen LogP contribution is 2.16. The molecule has 1 amide bonds. The summed E-state index contributed by atoms with van der Waals surface area (Å²) in [7, 11) is 0. The van der Waals surface area contributed by atoms with Gasteiger partial charge in [0.25, 0.3) is 5.91 Å². The summed E-state index contributed by atoms with van der Waals surface area (Å²) in [6.45, 7) is 1.93. The van der Waals surface area contributed by atoms with Crippen molar-refractivity contribution < 1.29 is 9.21 Å². The molecule has 3 rings (SSSR count). The van der Waals surface area contributed by atoms with Crippen molar-refractivity contribution in [3.63, 3.8) is 0 Å². The Morgan fingerprint density at radius 1 is 1.33 bits per heavy atom. The number of hydrogen-bond acceptors (Lipinski definition) is 4. The fourth-order valence-corrected chi connectivity index (χ4v) is 2.22. The Labute approximate surface area is 105 Å². The van der Waals surface area contributed by atoms with Crippen LogP contribution in [0.3, 0.4) is 0 Å². The fourth-order valence-electron chi connectivity index (χ4n) is 2.22. The lowest BCUT2D eigenvalue weighted by Crippen LogP contribution is -2.43. The quantitative estimate of drug-likeness (QED) is 0.764. The van der Waals surface area contributed by atoms with E-state index in [4.69, 9.17) is 4.42 Å². The van der Waals surface area contributed by atoms with Crippen LogP contribution in [0.4, 0.5) is 0 Å². The predicted molar refractivity (Wildman–Crippen MR) is 67.7 cm³/mol. The highest BCUT2D eigenvalue weighted by Gasteiger charge is 2.25. The van der Waals surface area contributed by atoms with E-state index in [1.54, 1.807) is 24.5 Å². The first-order valence-electron chi connectivity index (χ1n) is 6.23. The van der Waals surface area contributed by atoms with Crippen LogP contribution < -0.4 is 5.32 Å². The fraction of sp³-hybridized carbons (Fsp3) is 0.385. The number of likely N-dealkylation sites (tertiary alicyclic amines) is 1. The van der Waals surface area contributed by atoms with Gasteiger partial charge in [0.2, 0.25) is 5.96 Å². The molecule has 5 heteroatoms. The van der Waals surface area contributed by atoms with Gasteiger partial charge in [-0.1, -0.05) is 0 Å². The maximum atomic E-state index is 11.8. The molecule has 1 fully saturated rings. The van der Waals surface area contributed by atoms with E-state index in [2.05, 4.69) is 15.2 Å². The topological polar surface area (TPSA) is 57.8 Å². The molecule has 18 heavy (non-hydrogen) atoms. The second kappa shape index (κ2) is 4.68. The van der Waals surface area contributed by atoms with Crippen LogP contribution in [0, 0.1) is 0 Å². The molecule has 1 aromatic heterocycles. The Balaban J connectivity index is 1.80. The van der Waals surface area contributed by atoms with Crippen molar-refractivity contribution >= 4 is 17.9 Å². The molecule has 0 saturated carbocycles. The second-order valence-corrected chi connectivity index (χ2v) is 4.48. The van der Waals surface area contributed by atoms with E-state index in [0.29, 0.717) is 17.4 Å². The van der Waals surface area contributed by atoms with E-state index in [1.807, 2.05) is 0 Å². The van der Waals surface area contributed by atoms with Gasteiger partial charge in [0.05, 0.1) is 6.26 Å². The van der Waals surface area contributed by atoms with Crippen molar-refractivity contribution in [3.05, 3.63) is 29.9 Å². The average molecular weight is 245 g/mol. The molecule has 0 unspecified atom stereocenters. The molecule has 1 saturated heterocycles. The van der Waals surface area contributed by atoms with Crippen molar-refractivity contribution in [1.82, 2.24) is 10.2 Å². The van der Waals surface area contributed by atoms with Crippen molar-refractivity contribution in [1.29, 1.82) is 0 Å². The van der Waals surface area contributed by atoms with E-state index in [1.165, 1.54) is 6.42 Å². The second-order valence-electron chi connectivity index (χ2n) is 4.48. The van der Waals surface area contributed by atoms with Gasteiger partial charge in [-0.3, -0.25) is 10.1 Å². The van der Waals surface area contributed by atoms with Crippen LogP contribution in [0.5, 0.6) is 0 Å². The molecule has 94 valence electrons. The third kappa shape index (κ3) is 2.16. The molecule has 1 aromatic rings. The number of hydrogen-bond donors (Lipinski definition) is 1. The van der Waals surface area contributed by atoms with Crippen LogP contribution in [0.15, 0.2) is 33.5 Å². The lowest BCUT2D eigenvalue weighted by Gasteiger charge is -2.27. The zero-order valence-corrected chi connectivity index (χ0v) is 10.1. The van der Waals surface area contributed by atoms with Gasteiger partial charge in [-0.25, -0.2) is 4.99 Å². The van der Waals surface area contributed by atoms with Gasteiger partial charge in [-0.2, -0.15) is 0 Å². The summed E-state index contributed by atoms with van der Waals surface area (Å²) in [4.78, 5) is 18.3. The number of nitrogens with one attached hydrogen (secondary N) is 1. The number of amides is 1. The van der Waals surface area contributed by atoms with E-state index < -0.39 is 0 Å². The predicted octanol–water partition coefficient (Wildman–Crippen LogP) is 1.59. The number of rotatable bonds is 1. The molecule has 2 aliphatic rings. The number of nitrogens with zero attached hydrogens (tertiary/aromatic N) is 2. The maximum absolute atomic E-state index is 11.8. The number of furan rings is 1. The lowest BCUT2D eigenvalue weighted by atomic mass is 10.1. The van der Waals surface area contributed by atoms with Crippen molar-refractivity contribution in [2.24, 2.45) is 4.99 Å². The summed E-state index contributed by atoms with van der Waals surface area (Å²) in [5.74, 6) is 1.16. The molecule has 0 aromatic carbocycles. The number of guanidine groups is 1. The molecule has 0 radical (unpaired) electrons. The number of carbonyl (C=O) groups is 1. The SMILES string of the molecule is O=C1NC(N2CCCCC2)=N/C1=C\c1ccco1. The molecule has 0 atom stereocenters. The Morgan fingerprint density at radius 2 is 2.17 bits per heavy atom. The van der Waals surface area contributed by atoms with Crippen molar-refractivity contribution in [2.45, 2.75) is 19.3 Å².